The van der Waals surface area contributed by atoms with Crippen LogP contribution in [-0.2, 0) is 9.53 Å². The van der Waals surface area contributed by atoms with Crippen molar-refractivity contribution in [2.75, 3.05) is 27.5 Å². The number of amides is 1. The Balaban J connectivity index is 1.62. The van der Waals surface area contributed by atoms with Crippen LogP contribution in [0.1, 0.15) is 13.8 Å². The molecule has 2 aromatic carbocycles. The van der Waals surface area contributed by atoms with Crippen LogP contribution < -0.4 is 26.4 Å². The molecule has 1 amide bonds. The Morgan fingerprint density at radius 2 is 1.78 bits per heavy atom. The van der Waals surface area contributed by atoms with E-state index in [-0.39, 0.29) is 17.5 Å². The van der Waals surface area contributed by atoms with Crippen LogP contribution >= 0.6 is 0 Å². The second-order valence-electron chi connectivity index (χ2n) is 9.16. The molecular formula is C25H28N6O6. The average molecular weight is 509 g/mol. The smallest absolute Gasteiger partial charge is 0.278 e. The highest BCUT2D eigenvalue weighted by Gasteiger charge is 2.57. The number of rotatable bonds is 5. The van der Waals surface area contributed by atoms with Gasteiger partial charge in [0.05, 0.1) is 6.61 Å². The lowest BCUT2D eigenvalue weighted by molar-refractivity contribution is -0.117. The minimum Gasteiger partial charge on any atom is -0.394 e. The zero-order chi connectivity index (χ0) is 26.5. The van der Waals surface area contributed by atoms with Crippen LogP contribution in [-0.4, -0.2) is 68.1 Å². The lowest BCUT2D eigenvalue weighted by Crippen LogP contribution is -2.67. The molecule has 0 radical (unpaired) electrons. The summed E-state index contributed by atoms with van der Waals surface area (Å²) in [5.41, 5.74) is 7.65. The first kappa shape index (κ1) is 24.7. The van der Waals surface area contributed by atoms with Gasteiger partial charge in [0.1, 0.15) is 24.0 Å². The van der Waals surface area contributed by atoms with E-state index < -0.39 is 48.4 Å². The monoisotopic (exact) mass is 508 g/mol. The van der Waals surface area contributed by atoms with E-state index in [0.29, 0.717) is 5.69 Å². The predicted molar refractivity (Wildman–Crippen MR) is 137 cm³/mol. The lowest BCUT2D eigenvalue weighted by Gasteiger charge is -2.46. The van der Waals surface area contributed by atoms with Gasteiger partial charge in [-0.25, -0.2) is 0 Å². The molecule has 1 aromatic heterocycles. The van der Waals surface area contributed by atoms with Crippen LogP contribution in [0.25, 0.3) is 11.1 Å². The zero-order valence-corrected chi connectivity index (χ0v) is 20.2. The quantitative estimate of drug-likeness (QED) is 0.283. The number of hydrogen-bond donors (Lipinski definition) is 6. The van der Waals surface area contributed by atoms with E-state index in [0.717, 1.165) is 11.1 Å². The minimum atomic E-state index is -1.54. The van der Waals surface area contributed by atoms with E-state index in [1.165, 1.54) is 16.7 Å². The fourth-order valence-corrected chi connectivity index (χ4v) is 5.07. The number of fused-ring (bicyclic) bond motifs is 1. The highest BCUT2D eigenvalue weighted by molar-refractivity contribution is 5.96. The Kier molecular flexibility index (Phi) is 6.12. The number of benzene rings is 2. The number of carbonyl (C=O) groups excluding carboxylic acids is 1. The molecule has 12 nitrogen and oxygen atoms in total. The van der Waals surface area contributed by atoms with Crippen molar-refractivity contribution in [1.29, 1.82) is 0 Å². The average Bonchev–Trinajstić information content (AvgIpc) is 3.32. The molecule has 5 atom stereocenters. The van der Waals surface area contributed by atoms with Crippen LogP contribution in [0.5, 0.6) is 0 Å². The zero-order valence-electron chi connectivity index (χ0n) is 20.2. The summed E-state index contributed by atoms with van der Waals surface area (Å²) >= 11 is 0. The Labute approximate surface area is 211 Å². The van der Waals surface area contributed by atoms with Crippen molar-refractivity contribution < 1.29 is 24.9 Å². The maximum Gasteiger partial charge on any atom is 0.278 e. The Morgan fingerprint density at radius 1 is 1.14 bits per heavy atom. The third-order valence-electron chi connectivity index (χ3n) is 6.73. The van der Waals surface area contributed by atoms with E-state index in [1.54, 1.807) is 19.1 Å². The molecule has 5 rings (SSSR count). The highest BCUT2D eigenvalue weighted by atomic mass is 16.6. The molecule has 1 fully saturated rings. The van der Waals surface area contributed by atoms with E-state index in [2.05, 4.69) is 15.3 Å². The summed E-state index contributed by atoms with van der Waals surface area (Å²) in [5.74, 6) is -2.10. The summed E-state index contributed by atoms with van der Waals surface area (Å²) in [4.78, 5) is 35.4. The van der Waals surface area contributed by atoms with Gasteiger partial charge in [0.25, 0.3) is 5.56 Å². The fourth-order valence-electron chi connectivity index (χ4n) is 5.07. The lowest BCUT2D eigenvalue weighted by atomic mass is 10.0. The topological polar surface area (TPSA) is 177 Å². The number of ether oxygens (including phenoxy) is 1. The van der Waals surface area contributed by atoms with Gasteiger partial charge in [-0.2, -0.15) is 4.98 Å². The van der Waals surface area contributed by atoms with Gasteiger partial charge < -0.3 is 31.1 Å². The van der Waals surface area contributed by atoms with Gasteiger partial charge in [-0.15, -0.1) is 0 Å². The second kappa shape index (κ2) is 9.16. The second-order valence-corrected chi connectivity index (χ2v) is 9.16. The molecule has 0 bridgehead atoms. The van der Waals surface area contributed by atoms with Gasteiger partial charge in [0.15, 0.2) is 17.8 Å². The Hall–Kier alpha value is -3.97. The molecule has 0 spiro atoms. The Morgan fingerprint density at radius 3 is 2.38 bits per heavy atom. The number of H-pyrrole nitrogens is 1. The summed E-state index contributed by atoms with van der Waals surface area (Å²) in [6.45, 7) is 2.43. The largest absolute Gasteiger partial charge is 0.394 e. The molecule has 0 aliphatic carbocycles. The molecule has 3 aromatic rings. The van der Waals surface area contributed by atoms with Crippen molar-refractivity contribution in [3.8, 4) is 11.1 Å². The number of nitrogen functional groups attached to an aromatic ring is 1. The highest BCUT2D eigenvalue weighted by Crippen LogP contribution is 2.44. The van der Waals surface area contributed by atoms with Gasteiger partial charge in [-0.3, -0.25) is 24.4 Å². The first-order valence-electron chi connectivity index (χ1n) is 11.7. The summed E-state index contributed by atoms with van der Waals surface area (Å²) in [5, 5.41) is 34.0. The van der Waals surface area contributed by atoms with Crippen molar-refractivity contribution in [2.45, 2.75) is 44.2 Å². The van der Waals surface area contributed by atoms with Crippen molar-refractivity contribution in [3.05, 3.63) is 65.0 Å². The van der Waals surface area contributed by atoms with Crippen LogP contribution in [0.15, 0.2) is 59.4 Å². The molecule has 2 aliphatic rings. The number of aromatic nitrogens is 2. The standard InChI is InChI=1S/C25H28N6O6/c1-13(33)30(16-10-8-15(9-11-16)14-6-4-3-5-7-14)25(2)29-18-21(27-24(26)28-22(18)36)31(25)23-20(35)19(34)17(12-32)37-23/h3-11,17,19-20,23,29,32,34-35H,12H2,1-2H3,(H3,26,27,28,36)/t17-,19-,20-,23-,25?/m1/s1. The number of aliphatic hydroxyl groups excluding tert-OH is 3. The van der Waals surface area contributed by atoms with Gasteiger partial charge in [-0.05, 0) is 30.2 Å². The first-order valence-corrected chi connectivity index (χ1v) is 11.7. The molecule has 37 heavy (non-hydrogen) atoms. The molecule has 1 unspecified atom stereocenters. The maximum absolute atomic E-state index is 13.2. The van der Waals surface area contributed by atoms with Crippen LogP contribution in [0.3, 0.4) is 0 Å². The molecule has 0 saturated carbocycles. The van der Waals surface area contributed by atoms with Gasteiger partial charge >= 0.3 is 0 Å². The third-order valence-corrected chi connectivity index (χ3v) is 6.73. The molecule has 194 valence electrons. The van der Waals surface area contributed by atoms with Crippen LogP contribution in [0.2, 0.25) is 0 Å². The van der Waals surface area contributed by atoms with Gasteiger partial charge in [0.2, 0.25) is 11.9 Å². The first-order chi connectivity index (χ1) is 17.7. The third kappa shape index (κ3) is 4.00. The molecule has 12 heteroatoms. The van der Waals surface area contributed by atoms with E-state index >= 15 is 0 Å². The van der Waals surface area contributed by atoms with E-state index in [1.807, 2.05) is 42.5 Å². The fraction of sp³-hybridized carbons (Fsp3) is 0.320. The number of nitrogens with two attached hydrogens (primary N) is 1. The summed E-state index contributed by atoms with van der Waals surface area (Å²) in [6, 6.07) is 17.0. The summed E-state index contributed by atoms with van der Waals surface area (Å²) < 4.78 is 5.80. The van der Waals surface area contributed by atoms with Crippen molar-refractivity contribution in [3.63, 3.8) is 0 Å². The van der Waals surface area contributed by atoms with Crippen molar-refractivity contribution >= 4 is 29.0 Å². The maximum atomic E-state index is 13.2. The number of nitrogens with zero attached hydrogens (tertiary/aromatic N) is 3. The molecule has 1 saturated heterocycles. The van der Waals surface area contributed by atoms with Crippen LogP contribution in [0.4, 0.5) is 23.1 Å². The number of aliphatic hydroxyl groups is 3. The van der Waals surface area contributed by atoms with E-state index in [4.69, 9.17) is 10.5 Å². The van der Waals surface area contributed by atoms with Gasteiger partial charge in [-0.1, -0.05) is 42.5 Å². The SMILES string of the molecule is CC(=O)N(c1ccc(-c2ccccc2)cc1)C1(C)Nc2c(nc(N)[nH]c2=O)N1[C@@H]1O[C@H](CO)[C@@H](O)[C@H]1O. The molecule has 2 aliphatic heterocycles. The number of carbonyl (C=O) groups is 1. The molecule has 3 heterocycles. The van der Waals surface area contributed by atoms with Crippen LogP contribution in [0, 0.1) is 0 Å². The van der Waals surface area contributed by atoms with Crippen molar-refractivity contribution in [2.24, 2.45) is 0 Å². The Bertz CT molecular complexity index is 1370. The minimum absolute atomic E-state index is 0.00148. The molecule has 7 N–H and O–H groups in total. The number of anilines is 4. The van der Waals surface area contributed by atoms with Gasteiger partial charge in [0, 0.05) is 12.6 Å². The predicted octanol–water partition coefficient (Wildman–Crippen LogP) is 0.417. The molecular weight excluding hydrogens is 480 g/mol. The summed E-state index contributed by atoms with van der Waals surface area (Å²) in [6.07, 6.45) is -5.30. The summed E-state index contributed by atoms with van der Waals surface area (Å²) in [7, 11) is 0. The number of nitrogens with one attached hydrogen (secondary N) is 2. The number of aromatic amines is 1. The normalized spacial score (nSPS) is 26.6. The van der Waals surface area contributed by atoms with E-state index in [9.17, 15) is 24.9 Å². The number of hydrogen-bond acceptors (Lipinski definition) is 10. The van der Waals surface area contributed by atoms with Crippen molar-refractivity contribution in [1.82, 2.24) is 9.97 Å².